The van der Waals surface area contributed by atoms with Crippen molar-refractivity contribution in [2.45, 2.75) is 71.1 Å². The number of rotatable bonds is 3. The van der Waals surface area contributed by atoms with Crippen molar-refractivity contribution in [1.29, 1.82) is 0 Å². The van der Waals surface area contributed by atoms with E-state index in [-0.39, 0.29) is 0 Å². The maximum Gasteiger partial charge on any atom is -0.00920 e. The number of fused-ring (bicyclic) bond motifs is 3. The quantitative estimate of drug-likeness (QED) is 0.605. The fourth-order valence-electron chi connectivity index (χ4n) is 6.94. The zero-order chi connectivity index (χ0) is 14.0. The predicted molar refractivity (Wildman–Crippen MR) is 87.9 cm³/mol. The fourth-order valence-corrected chi connectivity index (χ4v) is 6.94. The van der Waals surface area contributed by atoms with E-state index in [0.29, 0.717) is 0 Å². The molecule has 0 N–H and O–H groups in total. The summed E-state index contributed by atoms with van der Waals surface area (Å²) in [5, 5.41) is 0. The minimum Gasteiger partial charge on any atom is -0.0770 e. The van der Waals surface area contributed by atoms with E-state index in [1.165, 1.54) is 25.7 Å². The third-order valence-electron chi connectivity index (χ3n) is 8.08. The lowest BCUT2D eigenvalue weighted by Gasteiger charge is -2.36. The summed E-state index contributed by atoms with van der Waals surface area (Å²) in [6.45, 7) is 2.65. The maximum absolute atomic E-state index is 2.65. The highest BCUT2D eigenvalue weighted by molar-refractivity contribution is 5.47. The van der Waals surface area contributed by atoms with Gasteiger partial charge in [0.15, 0.2) is 0 Å². The van der Waals surface area contributed by atoms with Gasteiger partial charge in [-0.15, -0.1) is 0 Å². The largest absolute Gasteiger partial charge is 0.0770 e. The van der Waals surface area contributed by atoms with E-state index >= 15 is 0 Å². The zero-order valence-corrected chi connectivity index (χ0v) is 13.6. The van der Waals surface area contributed by atoms with Gasteiger partial charge in [0.05, 0.1) is 0 Å². The Balaban J connectivity index is 1.22. The van der Waals surface area contributed by atoms with E-state index in [1.807, 2.05) is 0 Å². The molecule has 6 atom stereocenters. The fraction of sp³-hybridized carbons (Fsp3) is 0.810. The van der Waals surface area contributed by atoms with Crippen LogP contribution >= 0.6 is 0 Å². The van der Waals surface area contributed by atoms with Crippen molar-refractivity contribution in [2.75, 3.05) is 0 Å². The van der Waals surface area contributed by atoms with Crippen LogP contribution < -0.4 is 0 Å². The van der Waals surface area contributed by atoms with Crippen molar-refractivity contribution >= 4 is 0 Å². The molecule has 0 aromatic rings. The molecule has 3 fully saturated rings. The molecule has 0 aromatic carbocycles. The van der Waals surface area contributed by atoms with Crippen LogP contribution in [0.1, 0.15) is 71.1 Å². The van der Waals surface area contributed by atoms with E-state index in [9.17, 15) is 0 Å². The van der Waals surface area contributed by atoms with E-state index in [4.69, 9.17) is 0 Å². The summed E-state index contributed by atoms with van der Waals surface area (Å²) in [5.41, 5.74) is 4.16. The summed E-state index contributed by atoms with van der Waals surface area (Å²) in [6.07, 6.45) is 20.2. The van der Waals surface area contributed by atoms with Gasteiger partial charge >= 0.3 is 0 Å². The van der Waals surface area contributed by atoms with E-state index in [2.05, 4.69) is 19.1 Å². The molecule has 0 heterocycles. The third-order valence-corrected chi connectivity index (χ3v) is 8.08. The molecule has 5 aliphatic rings. The Morgan fingerprint density at radius 3 is 2.67 bits per heavy atom. The first-order chi connectivity index (χ1) is 10.2. The molecule has 0 aliphatic heterocycles. The summed E-state index contributed by atoms with van der Waals surface area (Å²) in [4.78, 5) is 0. The Labute approximate surface area is 130 Å². The first-order valence-electron chi connectivity index (χ1n) is 9.60. The monoisotopic (exact) mass is 282 g/mol. The Kier molecular flexibility index (Phi) is 2.77. The molecule has 5 aliphatic carbocycles. The van der Waals surface area contributed by atoms with Crippen molar-refractivity contribution in [1.82, 2.24) is 0 Å². The highest BCUT2D eigenvalue weighted by atomic mass is 14.5. The van der Waals surface area contributed by atoms with Gasteiger partial charge in [0, 0.05) is 0 Å². The van der Waals surface area contributed by atoms with Gasteiger partial charge < -0.3 is 0 Å². The van der Waals surface area contributed by atoms with Gasteiger partial charge in [-0.3, -0.25) is 0 Å². The molecule has 0 spiro atoms. The van der Waals surface area contributed by atoms with E-state index < -0.39 is 0 Å². The summed E-state index contributed by atoms with van der Waals surface area (Å²) < 4.78 is 0. The van der Waals surface area contributed by atoms with Crippen LogP contribution in [0.2, 0.25) is 0 Å². The Morgan fingerprint density at radius 1 is 1.10 bits per heavy atom. The maximum atomic E-state index is 2.65. The van der Waals surface area contributed by atoms with Gasteiger partial charge in [-0.25, -0.2) is 0 Å². The smallest absolute Gasteiger partial charge is 0.00920 e. The van der Waals surface area contributed by atoms with Crippen molar-refractivity contribution in [2.24, 2.45) is 35.0 Å². The van der Waals surface area contributed by atoms with E-state index in [1.54, 1.807) is 49.7 Å². The van der Waals surface area contributed by atoms with Gasteiger partial charge in [-0.1, -0.05) is 31.9 Å². The second-order valence-electron chi connectivity index (χ2n) is 9.37. The molecule has 21 heavy (non-hydrogen) atoms. The Hall–Kier alpha value is -0.520. The molecule has 5 rings (SSSR count). The van der Waals surface area contributed by atoms with Gasteiger partial charge in [0.25, 0.3) is 0 Å². The standard InChI is InChI=1S/C21H30/c1-21(13-15-3-7-20(21)9-15)12-14-2-4-16(8-14)19-10-17-5-6-18(17)11-19/h5,11,14-16,19-20H,2-4,6-10,12-13H2,1H3. The molecule has 114 valence electrons. The summed E-state index contributed by atoms with van der Waals surface area (Å²) in [6, 6.07) is 0. The summed E-state index contributed by atoms with van der Waals surface area (Å²) in [7, 11) is 0. The SMILES string of the molecule is CC1(CC2CCC(C3C=C4CC=C4C3)C2)CC2CCC1C2. The normalized spacial score (nSPS) is 50.8. The van der Waals surface area contributed by atoms with Crippen LogP contribution in [0.3, 0.4) is 0 Å². The van der Waals surface area contributed by atoms with Crippen molar-refractivity contribution in [3.05, 3.63) is 23.3 Å². The molecule has 0 radical (unpaired) electrons. The lowest BCUT2D eigenvalue weighted by molar-refractivity contribution is 0.141. The van der Waals surface area contributed by atoms with Gasteiger partial charge in [0.1, 0.15) is 0 Å². The van der Waals surface area contributed by atoms with Crippen molar-refractivity contribution in [3.63, 3.8) is 0 Å². The van der Waals surface area contributed by atoms with Gasteiger partial charge in [-0.2, -0.15) is 0 Å². The summed E-state index contributed by atoms with van der Waals surface area (Å²) >= 11 is 0. The first-order valence-corrected chi connectivity index (χ1v) is 9.60. The molecular weight excluding hydrogens is 252 g/mol. The number of hydrogen-bond acceptors (Lipinski definition) is 0. The number of allylic oxidation sites excluding steroid dienone is 4. The molecule has 0 amide bonds. The lowest BCUT2D eigenvalue weighted by Crippen LogP contribution is -2.26. The summed E-state index contributed by atoms with van der Waals surface area (Å²) in [5.74, 6) is 5.21. The van der Waals surface area contributed by atoms with Crippen molar-refractivity contribution < 1.29 is 0 Å². The molecule has 2 bridgehead atoms. The lowest BCUT2D eigenvalue weighted by atomic mass is 9.69. The highest BCUT2D eigenvalue weighted by Gasteiger charge is 2.49. The minimum atomic E-state index is 0.734. The Bertz CT molecular complexity index is 510. The van der Waals surface area contributed by atoms with Crippen LogP contribution in [0, 0.1) is 35.0 Å². The topological polar surface area (TPSA) is 0 Å². The van der Waals surface area contributed by atoms with E-state index in [0.717, 1.165) is 35.0 Å². The second-order valence-corrected chi connectivity index (χ2v) is 9.37. The molecule has 3 saturated carbocycles. The molecule has 0 saturated heterocycles. The predicted octanol–water partition coefficient (Wildman–Crippen LogP) is 5.90. The van der Waals surface area contributed by atoms with Crippen LogP contribution in [-0.4, -0.2) is 0 Å². The molecule has 6 unspecified atom stereocenters. The van der Waals surface area contributed by atoms with Gasteiger partial charge in [-0.05, 0) is 97.5 Å². The highest BCUT2D eigenvalue weighted by Crippen LogP contribution is 2.60. The van der Waals surface area contributed by atoms with Gasteiger partial charge in [0.2, 0.25) is 0 Å². The number of hydrogen-bond donors (Lipinski definition) is 0. The molecule has 0 aromatic heterocycles. The minimum absolute atomic E-state index is 0.734. The Morgan fingerprint density at radius 2 is 2.05 bits per heavy atom. The van der Waals surface area contributed by atoms with Crippen LogP contribution in [0.5, 0.6) is 0 Å². The van der Waals surface area contributed by atoms with Crippen molar-refractivity contribution in [3.8, 4) is 0 Å². The average Bonchev–Trinajstić information content (AvgIpc) is 3.15. The average molecular weight is 282 g/mol. The van der Waals surface area contributed by atoms with Crippen LogP contribution in [0.15, 0.2) is 23.3 Å². The zero-order valence-electron chi connectivity index (χ0n) is 13.6. The first kappa shape index (κ1) is 13.0. The second kappa shape index (κ2) is 4.49. The van der Waals surface area contributed by atoms with Crippen LogP contribution in [0.25, 0.3) is 0 Å². The molecule has 0 nitrogen and oxygen atoms in total. The van der Waals surface area contributed by atoms with Crippen LogP contribution in [0.4, 0.5) is 0 Å². The van der Waals surface area contributed by atoms with Crippen LogP contribution in [-0.2, 0) is 0 Å². The molecular formula is C21H30. The molecule has 0 heteroatoms. The third kappa shape index (κ3) is 2.01.